The van der Waals surface area contributed by atoms with Crippen LogP contribution in [0.25, 0.3) is 10.2 Å². The number of carbonyl (C=O) groups excluding carboxylic acids is 1. The van der Waals surface area contributed by atoms with Crippen molar-refractivity contribution in [2.75, 3.05) is 11.1 Å². The molecule has 0 bridgehead atoms. The lowest BCUT2D eigenvalue weighted by molar-refractivity contribution is 0.103. The monoisotopic (exact) mass is 366 g/mol. The molecular formula is C13H8BrFN4OS. The van der Waals surface area contributed by atoms with E-state index in [1.807, 2.05) is 0 Å². The first-order chi connectivity index (χ1) is 10.1. The fourth-order valence-corrected chi connectivity index (χ4v) is 2.98. The van der Waals surface area contributed by atoms with Crippen molar-refractivity contribution < 1.29 is 9.18 Å². The van der Waals surface area contributed by atoms with Gasteiger partial charge < -0.3 is 11.1 Å². The van der Waals surface area contributed by atoms with Crippen LogP contribution in [-0.4, -0.2) is 16.1 Å². The summed E-state index contributed by atoms with van der Waals surface area (Å²) in [6.07, 6.45) is 1.51. The van der Waals surface area contributed by atoms with E-state index >= 15 is 0 Å². The van der Waals surface area contributed by atoms with Crippen LogP contribution in [0.1, 0.15) is 9.67 Å². The van der Waals surface area contributed by atoms with Crippen molar-refractivity contribution in [1.82, 2.24) is 10.2 Å². The molecule has 3 rings (SSSR count). The number of hydrogen-bond donors (Lipinski definition) is 2. The molecule has 0 aliphatic rings. The lowest BCUT2D eigenvalue weighted by Gasteiger charge is -2.05. The molecule has 0 fully saturated rings. The van der Waals surface area contributed by atoms with Crippen LogP contribution in [0.4, 0.5) is 15.8 Å². The molecule has 2 aromatic heterocycles. The van der Waals surface area contributed by atoms with Gasteiger partial charge in [-0.3, -0.25) is 4.79 Å². The quantitative estimate of drug-likeness (QED) is 0.727. The van der Waals surface area contributed by atoms with Crippen molar-refractivity contribution >= 4 is 54.8 Å². The number of rotatable bonds is 2. The normalized spacial score (nSPS) is 10.8. The second-order valence-corrected chi connectivity index (χ2v) is 6.03. The molecule has 0 spiro atoms. The Balaban J connectivity index is 1.93. The minimum Gasteiger partial charge on any atom is -0.397 e. The Morgan fingerprint density at radius 2 is 2.19 bits per heavy atom. The molecule has 0 aliphatic heterocycles. The summed E-state index contributed by atoms with van der Waals surface area (Å²) in [5.74, 6) is -0.861. The molecule has 0 saturated carbocycles. The topological polar surface area (TPSA) is 80.9 Å². The van der Waals surface area contributed by atoms with E-state index < -0.39 is 11.7 Å². The number of hydrogen-bond acceptors (Lipinski definition) is 5. The van der Waals surface area contributed by atoms with E-state index in [2.05, 4.69) is 31.4 Å². The zero-order valence-electron chi connectivity index (χ0n) is 10.4. The van der Waals surface area contributed by atoms with Gasteiger partial charge in [0.1, 0.15) is 15.5 Å². The smallest absolute Gasteiger partial charge is 0.267 e. The minimum absolute atomic E-state index is 0.328. The number of thiophene rings is 1. The number of aromatic nitrogens is 2. The number of nitrogen functional groups attached to an aromatic ring is 1. The first kappa shape index (κ1) is 13.9. The summed E-state index contributed by atoms with van der Waals surface area (Å²) >= 11 is 4.20. The molecule has 8 heteroatoms. The van der Waals surface area contributed by atoms with Gasteiger partial charge in [-0.05, 0) is 40.2 Å². The molecular weight excluding hydrogens is 359 g/mol. The fraction of sp³-hybridized carbons (Fsp3) is 0. The summed E-state index contributed by atoms with van der Waals surface area (Å²) < 4.78 is 13.8. The van der Waals surface area contributed by atoms with E-state index in [4.69, 9.17) is 5.73 Å². The zero-order chi connectivity index (χ0) is 15.0. The van der Waals surface area contributed by atoms with E-state index in [1.54, 1.807) is 12.1 Å². The highest BCUT2D eigenvalue weighted by Gasteiger charge is 2.17. The van der Waals surface area contributed by atoms with Crippen LogP contribution in [0.5, 0.6) is 0 Å². The average molecular weight is 367 g/mol. The number of nitrogens with zero attached hydrogens (tertiary/aromatic N) is 2. The summed E-state index contributed by atoms with van der Waals surface area (Å²) in [5, 5.41) is 11.0. The molecule has 2 heterocycles. The Morgan fingerprint density at radius 1 is 1.38 bits per heavy atom. The van der Waals surface area contributed by atoms with Crippen LogP contribution in [0.3, 0.4) is 0 Å². The molecule has 3 aromatic rings. The van der Waals surface area contributed by atoms with Gasteiger partial charge in [0.25, 0.3) is 5.91 Å². The number of nitrogens with two attached hydrogens (primary N) is 1. The largest absolute Gasteiger partial charge is 0.397 e. The second kappa shape index (κ2) is 5.38. The molecule has 0 unspecified atom stereocenters. The Hall–Kier alpha value is -2.06. The van der Waals surface area contributed by atoms with E-state index in [-0.39, 0.29) is 0 Å². The molecule has 5 nitrogen and oxygen atoms in total. The van der Waals surface area contributed by atoms with Crippen molar-refractivity contribution in [3.63, 3.8) is 0 Å². The third kappa shape index (κ3) is 2.59. The molecule has 1 aromatic carbocycles. The minimum atomic E-state index is -0.456. The van der Waals surface area contributed by atoms with Crippen LogP contribution in [0, 0.1) is 5.82 Å². The lowest BCUT2D eigenvalue weighted by atomic mass is 10.2. The molecule has 0 atom stereocenters. The number of halogens is 2. The summed E-state index contributed by atoms with van der Waals surface area (Å²) in [7, 11) is 0. The standard InChI is InChI=1S/C13H8BrFN4OS/c14-8-2-1-6(5-9(8)15)18-12(20)11-10(16)7-3-4-17-19-13(7)21-11/h1-5H,16H2,(H,18,20). The number of benzene rings is 1. The SMILES string of the molecule is Nc1c(C(=O)Nc2ccc(Br)c(F)c2)sc2nnccc12. The second-order valence-electron chi connectivity index (χ2n) is 4.18. The van der Waals surface area contributed by atoms with Crippen LogP contribution < -0.4 is 11.1 Å². The van der Waals surface area contributed by atoms with Gasteiger partial charge >= 0.3 is 0 Å². The van der Waals surface area contributed by atoms with E-state index in [0.717, 1.165) is 11.3 Å². The summed E-state index contributed by atoms with van der Waals surface area (Å²) in [6, 6.07) is 6.04. The maximum Gasteiger partial charge on any atom is 0.267 e. The Kier molecular flexibility index (Phi) is 3.56. The van der Waals surface area contributed by atoms with Crippen LogP contribution >= 0.6 is 27.3 Å². The van der Waals surface area contributed by atoms with Crippen molar-refractivity contribution in [3.8, 4) is 0 Å². The van der Waals surface area contributed by atoms with Crippen LogP contribution in [0.15, 0.2) is 34.9 Å². The van der Waals surface area contributed by atoms with Crippen LogP contribution in [0.2, 0.25) is 0 Å². The summed E-state index contributed by atoms with van der Waals surface area (Å²) in [5.41, 5.74) is 6.65. The molecule has 21 heavy (non-hydrogen) atoms. The van der Waals surface area contributed by atoms with E-state index in [1.165, 1.54) is 18.3 Å². The van der Waals surface area contributed by atoms with Gasteiger partial charge in [0.2, 0.25) is 0 Å². The number of nitrogens with one attached hydrogen (secondary N) is 1. The van der Waals surface area contributed by atoms with Crippen LogP contribution in [-0.2, 0) is 0 Å². The Morgan fingerprint density at radius 3 is 2.90 bits per heavy atom. The maximum absolute atomic E-state index is 13.4. The third-order valence-corrected chi connectivity index (χ3v) is 4.55. The highest BCUT2D eigenvalue weighted by atomic mass is 79.9. The van der Waals surface area contributed by atoms with Gasteiger partial charge in [0.05, 0.1) is 16.4 Å². The molecule has 0 radical (unpaired) electrons. The van der Waals surface area contributed by atoms with Crippen molar-refractivity contribution in [2.24, 2.45) is 0 Å². The highest BCUT2D eigenvalue weighted by molar-refractivity contribution is 9.10. The predicted molar refractivity (Wildman–Crippen MR) is 83.9 cm³/mol. The fourth-order valence-electron chi connectivity index (χ4n) is 1.80. The first-order valence-electron chi connectivity index (χ1n) is 5.82. The van der Waals surface area contributed by atoms with E-state index in [0.29, 0.717) is 30.9 Å². The van der Waals surface area contributed by atoms with Gasteiger partial charge in [-0.1, -0.05) is 0 Å². The van der Waals surface area contributed by atoms with Crippen molar-refractivity contribution in [3.05, 3.63) is 45.6 Å². The van der Waals surface area contributed by atoms with Gasteiger partial charge in [0, 0.05) is 11.1 Å². The Labute approximate surface area is 131 Å². The van der Waals surface area contributed by atoms with E-state index in [9.17, 15) is 9.18 Å². The molecule has 0 saturated heterocycles. The first-order valence-corrected chi connectivity index (χ1v) is 7.43. The molecule has 3 N–H and O–H groups in total. The number of anilines is 2. The Bertz CT molecular complexity index is 851. The molecule has 0 aliphatic carbocycles. The van der Waals surface area contributed by atoms with Gasteiger partial charge in [-0.15, -0.1) is 16.4 Å². The number of fused-ring (bicyclic) bond motifs is 1. The predicted octanol–water partition coefficient (Wildman–Crippen LogP) is 3.43. The lowest BCUT2D eigenvalue weighted by Crippen LogP contribution is -2.12. The molecule has 1 amide bonds. The van der Waals surface area contributed by atoms with Crippen molar-refractivity contribution in [1.29, 1.82) is 0 Å². The van der Waals surface area contributed by atoms with Crippen molar-refractivity contribution in [2.45, 2.75) is 0 Å². The molecule has 106 valence electrons. The van der Waals surface area contributed by atoms with Gasteiger partial charge in [0.15, 0.2) is 0 Å². The maximum atomic E-state index is 13.4. The highest BCUT2D eigenvalue weighted by Crippen LogP contribution is 2.32. The summed E-state index contributed by atoms with van der Waals surface area (Å²) in [6.45, 7) is 0. The number of carbonyl (C=O) groups is 1. The van der Waals surface area contributed by atoms with Gasteiger partial charge in [-0.2, -0.15) is 5.10 Å². The average Bonchev–Trinajstić information content (AvgIpc) is 2.81. The number of amides is 1. The zero-order valence-corrected chi connectivity index (χ0v) is 12.8. The summed E-state index contributed by atoms with van der Waals surface area (Å²) in [4.78, 5) is 13.2. The van der Waals surface area contributed by atoms with Gasteiger partial charge in [-0.25, -0.2) is 4.39 Å². The third-order valence-electron chi connectivity index (χ3n) is 2.80.